The smallest absolute Gasteiger partial charge is 0.407 e. The van der Waals surface area contributed by atoms with Crippen molar-refractivity contribution < 1.29 is 14.0 Å². The van der Waals surface area contributed by atoms with Gasteiger partial charge < -0.3 is 25.1 Å². The van der Waals surface area contributed by atoms with Crippen LogP contribution in [0.4, 0.5) is 16.2 Å². The van der Waals surface area contributed by atoms with Gasteiger partial charge in [0.2, 0.25) is 0 Å². The Morgan fingerprint density at radius 1 is 1.38 bits per heavy atom. The minimum absolute atomic E-state index is 0.00956. The summed E-state index contributed by atoms with van der Waals surface area (Å²) in [4.78, 5) is 13.9. The molecule has 0 radical (unpaired) electrons. The highest BCUT2D eigenvalue weighted by atomic mass is 35.5. The van der Waals surface area contributed by atoms with Gasteiger partial charge in [0, 0.05) is 26.6 Å². The predicted molar refractivity (Wildman–Crippen MR) is 119 cm³/mol. The van der Waals surface area contributed by atoms with Gasteiger partial charge in [-0.25, -0.2) is 4.79 Å². The summed E-state index contributed by atoms with van der Waals surface area (Å²) in [6.45, 7) is 11.9. The normalized spacial score (nSPS) is 20.1. The number of piperidine rings is 1. The van der Waals surface area contributed by atoms with Crippen molar-refractivity contribution in [3.05, 3.63) is 22.7 Å². The van der Waals surface area contributed by atoms with Crippen molar-refractivity contribution in [3.8, 4) is 6.07 Å². The van der Waals surface area contributed by atoms with Gasteiger partial charge in [-0.05, 0) is 30.3 Å². The third kappa shape index (κ3) is 5.35. The van der Waals surface area contributed by atoms with Crippen LogP contribution in [0.3, 0.4) is 0 Å². The molecule has 1 heterocycles. The number of rotatable bonds is 4. The minimum Gasteiger partial charge on any atom is -0.443 e. The van der Waals surface area contributed by atoms with E-state index in [1.165, 1.54) is 7.05 Å². The summed E-state index contributed by atoms with van der Waals surface area (Å²) >= 11 is 6.45. The molecule has 0 saturated carbocycles. The molecule has 1 aliphatic rings. The van der Waals surface area contributed by atoms with Crippen molar-refractivity contribution in [2.24, 2.45) is 0 Å². The lowest BCUT2D eigenvalue weighted by Crippen LogP contribution is -2.56. The maximum absolute atomic E-state index is 11.9. The van der Waals surface area contributed by atoms with E-state index in [4.69, 9.17) is 26.5 Å². The molecule has 0 aliphatic carbocycles. The molecule has 0 aromatic heterocycles. The van der Waals surface area contributed by atoms with Crippen LogP contribution in [0.5, 0.6) is 0 Å². The van der Waals surface area contributed by atoms with Crippen molar-refractivity contribution in [1.29, 1.82) is 5.26 Å². The number of hydrogen-bond donors (Lipinski definition) is 2. The first-order valence-electron chi connectivity index (χ1n) is 9.70. The molecule has 160 valence electrons. The fraction of sp³-hybridized carbons (Fsp3) is 0.600. The molecular weight excluding hydrogens is 408 g/mol. The standard InChI is InChI=1S/C20H31ClN4O3Si/c1-20(2,3)29(5,6)28-17-12-25(8-7-16(17)27-19(26)24-4)15-10-13(11-22)9-14(23)18(15)21/h9-10,16-17H,7-8,12,23H2,1-6H3,(H,24,26)/t16-,17-/m1/s1. The van der Waals surface area contributed by atoms with Crippen molar-refractivity contribution in [1.82, 2.24) is 5.32 Å². The third-order valence-corrected chi connectivity index (χ3v) is 10.7. The third-order valence-electron chi connectivity index (χ3n) is 5.76. The van der Waals surface area contributed by atoms with E-state index in [2.05, 4.69) is 50.2 Å². The number of alkyl carbamates (subject to hydrolysis) is 1. The minimum atomic E-state index is -2.12. The first-order chi connectivity index (χ1) is 13.4. The van der Waals surface area contributed by atoms with Crippen LogP contribution >= 0.6 is 11.6 Å². The number of carbonyl (C=O) groups is 1. The zero-order valence-corrected chi connectivity index (χ0v) is 19.8. The molecule has 2 rings (SSSR count). The summed E-state index contributed by atoms with van der Waals surface area (Å²) in [6, 6.07) is 5.42. The molecule has 1 aromatic carbocycles. The Kier molecular flexibility index (Phi) is 7.09. The molecule has 1 amide bonds. The van der Waals surface area contributed by atoms with Gasteiger partial charge in [0.1, 0.15) is 6.10 Å². The van der Waals surface area contributed by atoms with Crippen molar-refractivity contribution in [2.75, 3.05) is 30.8 Å². The van der Waals surface area contributed by atoms with Crippen LogP contribution in [-0.4, -0.2) is 46.8 Å². The van der Waals surface area contributed by atoms with E-state index < -0.39 is 14.4 Å². The lowest BCUT2D eigenvalue weighted by molar-refractivity contribution is -0.000120. The SMILES string of the molecule is CNC(=O)O[C@@H]1CCN(c2cc(C#N)cc(N)c2Cl)C[C@H]1O[Si](C)(C)C(C)(C)C. The van der Waals surface area contributed by atoms with Gasteiger partial charge in [-0.3, -0.25) is 0 Å². The first kappa shape index (κ1) is 23.3. The lowest BCUT2D eigenvalue weighted by Gasteiger charge is -2.45. The Morgan fingerprint density at radius 2 is 2.03 bits per heavy atom. The number of carbonyl (C=O) groups excluding carboxylic acids is 1. The molecule has 7 nitrogen and oxygen atoms in total. The Morgan fingerprint density at radius 3 is 2.59 bits per heavy atom. The number of nitrogens with zero attached hydrogens (tertiary/aromatic N) is 2. The molecule has 1 saturated heterocycles. The van der Waals surface area contributed by atoms with Gasteiger partial charge in [0.15, 0.2) is 8.32 Å². The number of nitriles is 1. The van der Waals surface area contributed by atoms with Crippen molar-refractivity contribution in [2.45, 2.75) is 57.5 Å². The second-order valence-corrected chi connectivity index (χ2v) is 14.0. The van der Waals surface area contributed by atoms with E-state index in [0.717, 1.165) is 0 Å². The van der Waals surface area contributed by atoms with Crippen LogP contribution < -0.4 is 16.0 Å². The second kappa shape index (κ2) is 8.82. The van der Waals surface area contributed by atoms with Crippen molar-refractivity contribution in [3.63, 3.8) is 0 Å². The molecule has 0 bridgehead atoms. The number of halogens is 1. The maximum atomic E-state index is 11.9. The summed E-state index contributed by atoms with van der Waals surface area (Å²) in [5, 5.41) is 12.2. The largest absolute Gasteiger partial charge is 0.443 e. The Balaban J connectivity index is 2.34. The average molecular weight is 439 g/mol. The predicted octanol–water partition coefficient (Wildman–Crippen LogP) is 4.12. The highest BCUT2D eigenvalue weighted by molar-refractivity contribution is 6.74. The summed E-state index contributed by atoms with van der Waals surface area (Å²) in [6.07, 6.45) is -0.568. The van der Waals surface area contributed by atoms with Crippen molar-refractivity contribution >= 4 is 37.4 Å². The summed E-state index contributed by atoms with van der Waals surface area (Å²) in [5.41, 5.74) is 7.51. The number of nitrogens with two attached hydrogens (primary N) is 1. The van der Waals surface area contributed by atoms with Gasteiger partial charge in [-0.1, -0.05) is 32.4 Å². The van der Waals surface area contributed by atoms with Gasteiger partial charge in [-0.15, -0.1) is 0 Å². The Hall–Kier alpha value is -1.95. The number of ether oxygens (including phenoxy) is 1. The molecule has 9 heteroatoms. The maximum Gasteiger partial charge on any atom is 0.407 e. The van der Waals surface area contributed by atoms with Crippen LogP contribution in [0, 0.1) is 11.3 Å². The lowest BCUT2D eigenvalue weighted by atomic mass is 10.0. The number of nitrogen functional groups attached to an aromatic ring is 1. The number of benzene rings is 1. The molecule has 29 heavy (non-hydrogen) atoms. The monoisotopic (exact) mass is 438 g/mol. The first-order valence-corrected chi connectivity index (χ1v) is 13.0. The van der Waals surface area contributed by atoms with Crippen LogP contribution in [0.25, 0.3) is 0 Å². The van der Waals surface area contributed by atoms with Crippen LogP contribution in [-0.2, 0) is 9.16 Å². The highest BCUT2D eigenvalue weighted by Crippen LogP contribution is 2.40. The molecule has 0 spiro atoms. The average Bonchev–Trinajstić information content (AvgIpc) is 2.64. The van der Waals surface area contributed by atoms with Crippen LogP contribution in [0.2, 0.25) is 23.2 Å². The van der Waals surface area contributed by atoms with E-state index in [1.807, 2.05) is 0 Å². The van der Waals surface area contributed by atoms with Gasteiger partial charge in [-0.2, -0.15) is 5.26 Å². The van der Waals surface area contributed by atoms with E-state index in [1.54, 1.807) is 12.1 Å². The zero-order chi connectivity index (χ0) is 22.0. The topological polar surface area (TPSA) is 101 Å². The van der Waals surface area contributed by atoms with E-state index >= 15 is 0 Å². The van der Waals surface area contributed by atoms with Gasteiger partial charge in [0.25, 0.3) is 0 Å². The highest BCUT2D eigenvalue weighted by Gasteiger charge is 2.43. The van der Waals surface area contributed by atoms with Gasteiger partial charge in [0.05, 0.1) is 34.1 Å². The molecule has 1 aromatic rings. The quantitative estimate of drug-likeness (QED) is 0.541. The van der Waals surface area contributed by atoms with E-state index in [-0.39, 0.29) is 17.2 Å². The van der Waals surface area contributed by atoms with Crippen LogP contribution in [0.1, 0.15) is 32.8 Å². The van der Waals surface area contributed by atoms with E-state index in [9.17, 15) is 10.1 Å². The molecular formula is C20H31ClN4O3Si. The molecule has 3 N–H and O–H groups in total. The summed E-state index contributed by atoms with van der Waals surface area (Å²) in [5.74, 6) is 0. The molecule has 1 aliphatic heterocycles. The Bertz CT molecular complexity index is 804. The molecule has 2 atom stereocenters. The fourth-order valence-corrected chi connectivity index (χ4v) is 4.60. The number of anilines is 2. The van der Waals surface area contributed by atoms with Crippen LogP contribution in [0.15, 0.2) is 12.1 Å². The zero-order valence-electron chi connectivity index (χ0n) is 18.0. The summed E-state index contributed by atoms with van der Waals surface area (Å²) < 4.78 is 12.2. The number of hydrogen-bond acceptors (Lipinski definition) is 6. The second-order valence-electron chi connectivity index (χ2n) is 8.86. The fourth-order valence-electron chi connectivity index (χ4n) is 3.04. The number of nitrogens with one attached hydrogen (secondary N) is 1. The summed E-state index contributed by atoms with van der Waals surface area (Å²) in [7, 11) is -0.578. The van der Waals surface area contributed by atoms with E-state index in [0.29, 0.717) is 41.5 Å². The van der Waals surface area contributed by atoms with Gasteiger partial charge >= 0.3 is 6.09 Å². The molecule has 1 fully saturated rings. The molecule has 0 unspecified atom stereocenters. The number of amides is 1. The Labute approximate surface area is 179 Å².